The molecule has 2 atom stereocenters. The van der Waals surface area contributed by atoms with E-state index in [1.165, 1.54) is 0 Å². The number of carbonyl (C=O) groups is 2. The molecule has 2 saturated heterocycles. The van der Waals surface area contributed by atoms with Crippen molar-refractivity contribution in [1.29, 1.82) is 0 Å². The minimum Gasteiger partial charge on any atom is -0.480 e. The molecule has 0 aliphatic carbocycles. The van der Waals surface area contributed by atoms with Gasteiger partial charge in [-0.1, -0.05) is 13.8 Å². The minimum absolute atomic E-state index is 0.0123. The van der Waals surface area contributed by atoms with Gasteiger partial charge in [0.1, 0.15) is 6.04 Å². The van der Waals surface area contributed by atoms with E-state index < -0.39 is 17.4 Å². The zero-order valence-corrected chi connectivity index (χ0v) is 12.5. The summed E-state index contributed by atoms with van der Waals surface area (Å²) in [5.41, 5.74) is -0.488. The van der Waals surface area contributed by atoms with Crippen LogP contribution in [0.5, 0.6) is 0 Å². The lowest BCUT2D eigenvalue weighted by Crippen LogP contribution is -2.55. The van der Waals surface area contributed by atoms with Crippen molar-refractivity contribution in [3.8, 4) is 0 Å². The zero-order chi connectivity index (χ0) is 14.8. The van der Waals surface area contributed by atoms with Crippen LogP contribution in [0.2, 0.25) is 0 Å². The fourth-order valence-corrected chi connectivity index (χ4v) is 3.44. The third-order valence-corrected chi connectivity index (χ3v) is 4.92. The number of nitrogens with one attached hydrogen (secondary N) is 1. The standard InChI is InChI=1S/C15H26N2O3/c1-15(2,11-6-5-8-16-10-11)14(20)17-9-4-3-7-12(17)13(18)19/h11-12,16H,3-10H2,1-2H3,(H,18,19)/t11?,12-/m0/s1. The van der Waals surface area contributed by atoms with Crippen LogP contribution in [-0.2, 0) is 9.59 Å². The third-order valence-electron chi connectivity index (χ3n) is 4.92. The Morgan fingerprint density at radius 1 is 1.20 bits per heavy atom. The Hall–Kier alpha value is -1.10. The third kappa shape index (κ3) is 2.97. The molecule has 0 aromatic heterocycles. The van der Waals surface area contributed by atoms with Gasteiger partial charge in [0.2, 0.25) is 5.91 Å². The van der Waals surface area contributed by atoms with Crippen LogP contribution in [0.3, 0.4) is 0 Å². The molecule has 0 aromatic carbocycles. The first kappa shape index (κ1) is 15.3. The highest BCUT2D eigenvalue weighted by atomic mass is 16.4. The Bertz CT molecular complexity index is 375. The van der Waals surface area contributed by atoms with Crippen molar-refractivity contribution >= 4 is 11.9 Å². The number of amides is 1. The molecule has 2 fully saturated rings. The van der Waals surface area contributed by atoms with Crippen molar-refractivity contribution in [3.63, 3.8) is 0 Å². The van der Waals surface area contributed by atoms with E-state index in [4.69, 9.17) is 0 Å². The van der Waals surface area contributed by atoms with Crippen LogP contribution in [0.25, 0.3) is 0 Å². The van der Waals surface area contributed by atoms with Crippen LogP contribution < -0.4 is 5.32 Å². The van der Waals surface area contributed by atoms with Gasteiger partial charge in [-0.25, -0.2) is 4.79 Å². The molecule has 2 N–H and O–H groups in total. The van der Waals surface area contributed by atoms with E-state index in [0.29, 0.717) is 18.9 Å². The summed E-state index contributed by atoms with van der Waals surface area (Å²) in [6.07, 6.45) is 4.52. The Morgan fingerprint density at radius 2 is 1.95 bits per heavy atom. The van der Waals surface area contributed by atoms with E-state index >= 15 is 0 Å². The van der Waals surface area contributed by atoms with Gasteiger partial charge in [-0.15, -0.1) is 0 Å². The van der Waals surface area contributed by atoms with E-state index in [1.54, 1.807) is 4.90 Å². The van der Waals surface area contributed by atoms with Gasteiger partial charge in [-0.2, -0.15) is 0 Å². The van der Waals surface area contributed by atoms with Gasteiger partial charge in [0.05, 0.1) is 0 Å². The molecule has 2 heterocycles. The summed E-state index contributed by atoms with van der Waals surface area (Å²) in [4.78, 5) is 25.8. The molecule has 20 heavy (non-hydrogen) atoms. The molecule has 1 amide bonds. The van der Waals surface area contributed by atoms with E-state index in [9.17, 15) is 14.7 Å². The van der Waals surface area contributed by atoms with Crippen molar-refractivity contribution in [3.05, 3.63) is 0 Å². The molecule has 0 radical (unpaired) electrons. The Morgan fingerprint density at radius 3 is 2.55 bits per heavy atom. The van der Waals surface area contributed by atoms with E-state index in [-0.39, 0.29) is 5.91 Å². The topological polar surface area (TPSA) is 69.6 Å². The highest BCUT2D eigenvalue weighted by Gasteiger charge is 2.43. The van der Waals surface area contributed by atoms with E-state index in [0.717, 1.165) is 38.8 Å². The maximum Gasteiger partial charge on any atom is 0.326 e. The molecule has 5 nitrogen and oxygen atoms in total. The van der Waals surface area contributed by atoms with Gasteiger partial charge in [-0.3, -0.25) is 4.79 Å². The number of hydrogen-bond donors (Lipinski definition) is 2. The molecular weight excluding hydrogens is 256 g/mol. The van der Waals surface area contributed by atoms with Crippen LogP contribution >= 0.6 is 0 Å². The second-order valence-electron chi connectivity index (χ2n) is 6.61. The lowest BCUT2D eigenvalue weighted by molar-refractivity contribution is -0.158. The maximum atomic E-state index is 12.9. The van der Waals surface area contributed by atoms with E-state index in [1.807, 2.05) is 13.8 Å². The second-order valence-corrected chi connectivity index (χ2v) is 6.61. The summed E-state index contributed by atoms with van der Waals surface area (Å²) < 4.78 is 0. The number of aliphatic carboxylic acids is 1. The fourth-order valence-electron chi connectivity index (χ4n) is 3.44. The number of carbonyl (C=O) groups excluding carboxylic acids is 1. The Balaban J connectivity index is 2.12. The normalized spacial score (nSPS) is 28.2. The summed E-state index contributed by atoms with van der Waals surface area (Å²) in [5, 5.41) is 12.7. The van der Waals surface area contributed by atoms with Crippen molar-refractivity contribution < 1.29 is 14.7 Å². The van der Waals surface area contributed by atoms with Crippen LogP contribution in [0.4, 0.5) is 0 Å². The molecule has 2 rings (SSSR count). The van der Waals surface area contributed by atoms with Crippen molar-refractivity contribution in [1.82, 2.24) is 10.2 Å². The quantitative estimate of drug-likeness (QED) is 0.822. The largest absolute Gasteiger partial charge is 0.480 e. The van der Waals surface area contributed by atoms with Crippen LogP contribution in [-0.4, -0.2) is 47.6 Å². The lowest BCUT2D eigenvalue weighted by atomic mass is 9.73. The summed E-state index contributed by atoms with van der Waals surface area (Å²) in [6.45, 7) is 6.40. The fraction of sp³-hybridized carbons (Fsp3) is 0.867. The van der Waals surface area contributed by atoms with Gasteiger partial charge in [-0.05, 0) is 51.1 Å². The minimum atomic E-state index is -0.865. The average molecular weight is 282 g/mol. The zero-order valence-electron chi connectivity index (χ0n) is 12.5. The smallest absolute Gasteiger partial charge is 0.326 e. The highest BCUT2D eigenvalue weighted by molar-refractivity contribution is 5.87. The molecular formula is C15H26N2O3. The molecule has 2 aliphatic rings. The highest BCUT2D eigenvalue weighted by Crippen LogP contribution is 2.35. The van der Waals surface area contributed by atoms with Crippen LogP contribution in [0.15, 0.2) is 0 Å². The SMILES string of the molecule is CC(C)(C(=O)N1CCCC[C@H]1C(=O)O)C1CCCNC1. The number of hydrogen-bond acceptors (Lipinski definition) is 3. The monoisotopic (exact) mass is 282 g/mol. The van der Waals surface area contributed by atoms with Gasteiger partial charge in [0.25, 0.3) is 0 Å². The van der Waals surface area contributed by atoms with Crippen molar-refractivity contribution in [2.45, 2.75) is 52.0 Å². The molecule has 5 heteroatoms. The molecule has 0 spiro atoms. The predicted octanol–water partition coefficient (Wildman–Crippen LogP) is 1.48. The Kier molecular flexibility index (Phi) is 4.68. The molecule has 1 unspecified atom stereocenters. The predicted molar refractivity (Wildman–Crippen MR) is 76.4 cm³/mol. The summed E-state index contributed by atoms with van der Waals surface area (Å²) >= 11 is 0. The summed E-state index contributed by atoms with van der Waals surface area (Å²) in [7, 11) is 0. The maximum absolute atomic E-state index is 12.9. The summed E-state index contributed by atoms with van der Waals surface area (Å²) in [6, 6.07) is -0.632. The number of piperidine rings is 2. The molecule has 0 aromatic rings. The number of carboxylic acids is 1. The van der Waals surface area contributed by atoms with Crippen LogP contribution in [0.1, 0.15) is 46.0 Å². The van der Waals surface area contributed by atoms with Gasteiger partial charge in [0.15, 0.2) is 0 Å². The van der Waals surface area contributed by atoms with Gasteiger partial charge in [0, 0.05) is 12.0 Å². The van der Waals surface area contributed by atoms with E-state index in [2.05, 4.69) is 5.32 Å². The number of nitrogens with zero attached hydrogens (tertiary/aromatic N) is 1. The molecule has 2 aliphatic heterocycles. The summed E-state index contributed by atoms with van der Waals surface area (Å²) in [5.74, 6) is -0.561. The first-order chi connectivity index (χ1) is 9.44. The Labute approximate surface area is 120 Å². The molecule has 0 bridgehead atoms. The number of likely N-dealkylation sites (tertiary alicyclic amines) is 1. The van der Waals surface area contributed by atoms with Crippen molar-refractivity contribution in [2.24, 2.45) is 11.3 Å². The number of carboxylic acid groups (broad SMARTS) is 1. The molecule has 0 saturated carbocycles. The van der Waals surface area contributed by atoms with Crippen molar-refractivity contribution in [2.75, 3.05) is 19.6 Å². The van der Waals surface area contributed by atoms with Gasteiger partial charge >= 0.3 is 5.97 Å². The molecule has 114 valence electrons. The second kappa shape index (κ2) is 6.12. The lowest BCUT2D eigenvalue weighted by Gasteiger charge is -2.42. The number of rotatable bonds is 3. The average Bonchev–Trinajstić information content (AvgIpc) is 2.47. The van der Waals surface area contributed by atoms with Crippen LogP contribution in [0, 0.1) is 11.3 Å². The first-order valence-electron chi connectivity index (χ1n) is 7.69. The van der Waals surface area contributed by atoms with Gasteiger partial charge < -0.3 is 15.3 Å². The first-order valence-corrected chi connectivity index (χ1v) is 7.69.